The fourth-order valence-corrected chi connectivity index (χ4v) is 3.47. The Bertz CT molecular complexity index is 1140. The number of piperazine rings is 1. The molecule has 1 fully saturated rings. The predicted octanol–water partition coefficient (Wildman–Crippen LogP) is 3.39. The number of hydrogen-bond acceptors (Lipinski definition) is 4. The van der Waals surface area contributed by atoms with Crippen molar-refractivity contribution in [3.63, 3.8) is 0 Å². The lowest BCUT2D eigenvalue weighted by Gasteiger charge is -2.35. The summed E-state index contributed by atoms with van der Waals surface area (Å²) in [5.41, 5.74) is -0.0474. The van der Waals surface area contributed by atoms with Crippen molar-refractivity contribution in [3.05, 3.63) is 71.3 Å². The Morgan fingerprint density at radius 3 is 2.03 bits per heavy atom. The van der Waals surface area contributed by atoms with Crippen molar-refractivity contribution >= 4 is 22.8 Å². The first kappa shape index (κ1) is 20.7. The number of fused-ring (bicyclic) bond motifs is 1. The molecule has 4 rings (SSSR count). The average Bonchev–Trinajstić information content (AvgIpc) is 2.77. The van der Waals surface area contributed by atoms with Gasteiger partial charge in [0.1, 0.15) is 11.3 Å². The molecule has 0 unspecified atom stereocenters. The Morgan fingerprint density at radius 1 is 0.839 bits per heavy atom. The number of halogens is 4. The van der Waals surface area contributed by atoms with Crippen molar-refractivity contribution in [1.82, 2.24) is 19.8 Å². The zero-order valence-electron chi connectivity index (χ0n) is 16.1. The highest BCUT2D eigenvalue weighted by molar-refractivity contribution is 6.04. The molecule has 3 aromatic rings. The zero-order valence-corrected chi connectivity index (χ0v) is 16.1. The third kappa shape index (κ3) is 4.18. The van der Waals surface area contributed by atoms with Crippen molar-refractivity contribution in [2.75, 3.05) is 26.2 Å². The summed E-state index contributed by atoms with van der Waals surface area (Å²) in [5.74, 6) is -1.44. The highest BCUT2D eigenvalue weighted by Crippen LogP contribution is 2.29. The summed E-state index contributed by atoms with van der Waals surface area (Å²) < 4.78 is 52.0. The molecule has 0 radical (unpaired) electrons. The number of rotatable bonds is 2. The van der Waals surface area contributed by atoms with Crippen molar-refractivity contribution in [1.29, 1.82) is 0 Å². The molecule has 0 spiro atoms. The largest absolute Gasteiger partial charge is 0.416 e. The summed E-state index contributed by atoms with van der Waals surface area (Å²) in [6.45, 7) is 0.794. The Kier molecular flexibility index (Phi) is 5.30. The second-order valence-electron chi connectivity index (χ2n) is 7.04. The van der Waals surface area contributed by atoms with Crippen LogP contribution in [0.4, 0.5) is 17.6 Å². The molecule has 1 aliphatic heterocycles. The Morgan fingerprint density at radius 2 is 1.42 bits per heavy atom. The maximum absolute atomic E-state index is 13.9. The van der Waals surface area contributed by atoms with Gasteiger partial charge < -0.3 is 9.80 Å². The number of benzene rings is 2. The highest BCUT2D eigenvalue weighted by Gasteiger charge is 2.31. The van der Waals surface area contributed by atoms with Crippen LogP contribution >= 0.6 is 0 Å². The summed E-state index contributed by atoms with van der Waals surface area (Å²) in [5, 5.41) is 0. The number of nitrogens with zero attached hydrogens (tertiary/aromatic N) is 4. The van der Waals surface area contributed by atoms with Gasteiger partial charge in [-0.25, -0.2) is 4.39 Å². The number of carbonyl (C=O) groups excluding carboxylic acids is 2. The first-order chi connectivity index (χ1) is 14.7. The van der Waals surface area contributed by atoms with Crippen molar-refractivity contribution in [3.8, 4) is 0 Å². The van der Waals surface area contributed by atoms with Crippen LogP contribution in [-0.4, -0.2) is 57.8 Å². The van der Waals surface area contributed by atoms with Gasteiger partial charge in [0.25, 0.3) is 11.8 Å². The third-order valence-electron chi connectivity index (χ3n) is 5.08. The highest BCUT2D eigenvalue weighted by atomic mass is 19.4. The van der Waals surface area contributed by atoms with Crippen molar-refractivity contribution < 1.29 is 27.2 Å². The molecule has 2 heterocycles. The van der Waals surface area contributed by atoms with Gasteiger partial charge >= 0.3 is 6.18 Å². The van der Waals surface area contributed by atoms with E-state index in [9.17, 15) is 27.2 Å². The second-order valence-corrected chi connectivity index (χ2v) is 7.04. The molecule has 0 N–H and O–H groups in total. The number of hydrogen-bond donors (Lipinski definition) is 0. The van der Waals surface area contributed by atoms with E-state index in [-0.39, 0.29) is 48.3 Å². The minimum Gasteiger partial charge on any atom is -0.335 e. The minimum atomic E-state index is -4.47. The standard InChI is InChI=1S/C21H16F4N4O2/c22-15-11-16(18-17(12-15)26-5-6-27-18)20(31)29-9-7-28(8-10-29)19(30)13-1-3-14(4-2-13)21(23,24)25/h1-6,11-12H,7-10H2. The lowest BCUT2D eigenvalue weighted by atomic mass is 10.1. The summed E-state index contributed by atoms with van der Waals surface area (Å²) in [6.07, 6.45) is -1.65. The van der Waals surface area contributed by atoms with Crippen LogP contribution in [0.25, 0.3) is 11.0 Å². The van der Waals surface area contributed by atoms with E-state index in [0.717, 1.165) is 30.3 Å². The van der Waals surface area contributed by atoms with Crippen LogP contribution in [0, 0.1) is 5.82 Å². The molecule has 0 saturated carbocycles. The van der Waals surface area contributed by atoms with Crippen molar-refractivity contribution in [2.45, 2.75) is 6.18 Å². The molecule has 0 bridgehead atoms. The summed E-state index contributed by atoms with van der Waals surface area (Å²) >= 11 is 0. The van der Waals surface area contributed by atoms with E-state index in [0.29, 0.717) is 0 Å². The van der Waals surface area contributed by atoms with Crippen LogP contribution in [-0.2, 0) is 6.18 Å². The fourth-order valence-electron chi connectivity index (χ4n) is 3.47. The molecule has 0 aliphatic carbocycles. The fraction of sp³-hybridized carbons (Fsp3) is 0.238. The molecule has 0 atom stereocenters. The molecule has 160 valence electrons. The maximum Gasteiger partial charge on any atom is 0.416 e. The van der Waals surface area contributed by atoms with Crippen LogP contribution in [0.5, 0.6) is 0 Å². The molecular weight excluding hydrogens is 416 g/mol. The molecule has 10 heteroatoms. The topological polar surface area (TPSA) is 66.4 Å². The van der Waals surface area contributed by atoms with Crippen LogP contribution in [0.15, 0.2) is 48.8 Å². The van der Waals surface area contributed by atoms with Crippen LogP contribution < -0.4 is 0 Å². The molecule has 1 saturated heterocycles. The predicted molar refractivity (Wildman–Crippen MR) is 103 cm³/mol. The molecule has 1 aliphatic rings. The van der Waals surface area contributed by atoms with Gasteiger partial charge in [-0.15, -0.1) is 0 Å². The Labute approximate surface area is 174 Å². The Balaban J connectivity index is 1.45. The second kappa shape index (κ2) is 7.93. The van der Waals surface area contributed by atoms with Crippen molar-refractivity contribution in [2.24, 2.45) is 0 Å². The van der Waals surface area contributed by atoms with Gasteiger partial charge in [0.2, 0.25) is 0 Å². The number of alkyl halides is 3. The SMILES string of the molecule is O=C(c1ccc(C(F)(F)F)cc1)N1CCN(C(=O)c2cc(F)cc3nccnc23)CC1. The monoisotopic (exact) mass is 432 g/mol. The van der Waals surface area contributed by atoms with E-state index >= 15 is 0 Å². The van der Waals surface area contributed by atoms with Gasteiger partial charge in [0.05, 0.1) is 16.6 Å². The van der Waals surface area contributed by atoms with Gasteiger partial charge in [-0.2, -0.15) is 13.2 Å². The van der Waals surface area contributed by atoms with E-state index in [4.69, 9.17) is 0 Å². The Hall–Kier alpha value is -3.56. The zero-order chi connectivity index (χ0) is 22.2. The van der Waals surface area contributed by atoms with Gasteiger partial charge in [0.15, 0.2) is 0 Å². The normalized spacial score (nSPS) is 14.7. The first-order valence-electron chi connectivity index (χ1n) is 9.40. The molecule has 1 aromatic heterocycles. The summed E-state index contributed by atoms with van der Waals surface area (Å²) in [6, 6.07) is 6.31. The summed E-state index contributed by atoms with van der Waals surface area (Å²) in [7, 11) is 0. The van der Waals surface area contributed by atoms with Gasteiger partial charge in [0, 0.05) is 50.2 Å². The maximum atomic E-state index is 13.9. The average molecular weight is 432 g/mol. The number of carbonyl (C=O) groups is 2. The van der Waals surface area contributed by atoms with Crippen LogP contribution in [0.2, 0.25) is 0 Å². The molecule has 31 heavy (non-hydrogen) atoms. The third-order valence-corrected chi connectivity index (χ3v) is 5.08. The van der Waals surface area contributed by atoms with E-state index in [1.54, 1.807) is 0 Å². The summed E-state index contributed by atoms with van der Waals surface area (Å²) in [4.78, 5) is 36.6. The smallest absolute Gasteiger partial charge is 0.335 e. The molecule has 2 aromatic carbocycles. The lowest BCUT2D eigenvalue weighted by Crippen LogP contribution is -2.50. The van der Waals surface area contributed by atoms with E-state index < -0.39 is 29.4 Å². The van der Waals surface area contributed by atoms with E-state index in [1.807, 2.05) is 0 Å². The molecule has 2 amide bonds. The van der Waals surface area contributed by atoms with Crippen LogP contribution in [0.1, 0.15) is 26.3 Å². The lowest BCUT2D eigenvalue weighted by molar-refractivity contribution is -0.137. The first-order valence-corrected chi connectivity index (χ1v) is 9.40. The minimum absolute atomic E-state index is 0.0885. The quantitative estimate of drug-likeness (QED) is 0.583. The molecule has 6 nitrogen and oxygen atoms in total. The molecular formula is C21H16F4N4O2. The van der Waals surface area contributed by atoms with Gasteiger partial charge in [-0.3, -0.25) is 19.6 Å². The number of aromatic nitrogens is 2. The van der Waals surface area contributed by atoms with Crippen LogP contribution in [0.3, 0.4) is 0 Å². The van der Waals surface area contributed by atoms with E-state index in [1.165, 1.54) is 28.3 Å². The van der Waals surface area contributed by atoms with E-state index in [2.05, 4.69) is 9.97 Å². The number of amides is 2. The van der Waals surface area contributed by atoms with Gasteiger partial charge in [-0.1, -0.05) is 0 Å². The van der Waals surface area contributed by atoms with Gasteiger partial charge in [-0.05, 0) is 30.3 Å².